The van der Waals surface area contributed by atoms with Gasteiger partial charge in [0.25, 0.3) is 5.91 Å². The first-order valence-electron chi connectivity index (χ1n) is 6.32. The first kappa shape index (κ1) is 16.6. The van der Waals surface area contributed by atoms with Crippen LogP contribution in [0.5, 0.6) is 0 Å². The second-order valence-corrected chi connectivity index (χ2v) is 4.37. The molecule has 0 aliphatic rings. The zero-order valence-electron chi connectivity index (χ0n) is 11.1. The van der Waals surface area contributed by atoms with Gasteiger partial charge in [-0.25, -0.2) is 13.6 Å². The number of halogens is 2. The fourth-order valence-corrected chi connectivity index (χ4v) is 1.73. The highest BCUT2D eigenvalue weighted by atomic mass is 19.2. The van der Waals surface area contributed by atoms with Crippen molar-refractivity contribution >= 4 is 11.9 Å². The maximum atomic E-state index is 13.4. The van der Waals surface area contributed by atoms with Crippen molar-refractivity contribution in [1.29, 1.82) is 5.26 Å². The Bertz CT molecular complexity index is 570. The largest absolute Gasteiger partial charge is 0.480 e. The smallest absolute Gasteiger partial charge is 0.326 e. The molecule has 1 aromatic carbocycles. The second-order valence-electron chi connectivity index (χ2n) is 4.37. The molecule has 2 N–H and O–H groups in total. The van der Waals surface area contributed by atoms with Gasteiger partial charge in [0.05, 0.1) is 11.6 Å². The van der Waals surface area contributed by atoms with Crippen LogP contribution in [0.4, 0.5) is 8.78 Å². The summed E-state index contributed by atoms with van der Waals surface area (Å²) >= 11 is 0. The zero-order valence-corrected chi connectivity index (χ0v) is 11.1. The average molecular weight is 296 g/mol. The third-order valence-electron chi connectivity index (χ3n) is 2.83. The molecule has 1 amide bonds. The number of carbonyl (C=O) groups is 2. The van der Waals surface area contributed by atoms with Crippen LogP contribution in [0.3, 0.4) is 0 Å². The average Bonchev–Trinajstić information content (AvgIpc) is 2.44. The molecule has 0 bridgehead atoms. The number of aliphatic carboxylic acids is 1. The topological polar surface area (TPSA) is 90.2 Å². The lowest BCUT2D eigenvalue weighted by molar-refractivity contribution is -0.139. The summed E-state index contributed by atoms with van der Waals surface area (Å²) in [6.45, 7) is 0. The van der Waals surface area contributed by atoms with Gasteiger partial charge in [0.2, 0.25) is 0 Å². The fraction of sp³-hybridized carbons (Fsp3) is 0.357. The zero-order chi connectivity index (χ0) is 15.8. The molecule has 7 heteroatoms. The van der Waals surface area contributed by atoms with Crippen LogP contribution < -0.4 is 5.32 Å². The Hall–Kier alpha value is -2.49. The van der Waals surface area contributed by atoms with E-state index in [2.05, 4.69) is 5.32 Å². The molecular formula is C14H14F2N2O3. The van der Waals surface area contributed by atoms with Gasteiger partial charge >= 0.3 is 5.97 Å². The lowest BCUT2D eigenvalue weighted by atomic mass is 10.1. The summed E-state index contributed by atoms with van der Waals surface area (Å²) in [5.74, 6) is -4.75. The second kappa shape index (κ2) is 7.94. The quantitative estimate of drug-likeness (QED) is 0.755. The van der Waals surface area contributed by atoms with Gasteiger partial charge in [-0.2, -0.15) is 5.26 Å². The molecule has 0 saturated heterocycles. The van der Waals surface area contributed by atoms with Crippen molar-refractivity contribution in [1.82, 2.24) is 5.32 Å². The van der Waals surface area contributed by atoms with Gasteiger partial charge in [0.1, 0.15) is 6.04 Å². The molecule has 21 heavy (non-hydrogen) atoms. The number of carboxylic acids is 1. The number of carbonyl (C=O) groups excluding carboxylic acids is 1. The van der Waals surface area contributed by atoms with E-state index in [1.807, 2.05) is 6.07 Å². The molecule has 0 saturated carbocycles. The van der Waals surface area contributed by atoms with Gasteiger partial charge in [-0.15, -0.1) is 0 Å². The normalized spacial score (nSPS) is 11.5. The van der Waals surface area contributed by atoms with Gasteiger partial charge in [-0.3, -0.25) is 4.79 Å². The van der Waals surface area contributed by atoms with Gasteiger partial charge in [-0.05, 0) is 31.4 Å². The molecule has 0 aliphatic heterocycles. The number of unbranched alkanes of at least 4 members (excludes halogenated alkanes) is 2. The molecule has 1 aromatic rings. The maximum Gasteiger partial charge on any atom is 0.326 e. The SMILES string of the molecule is N#CCCCC[C@H](NC(=O)c1cccc(F)c1F)C(=O)O. The molecule has 0 fully saturated rings. The number of nitrogens with one attached hydrogen (secondary N) is 1. The number of nitrogens with zero attached hydrogens (tertiary/aromatic N) is 1. The minimum absolute atomic E-state index is 0.111. The highest BCUT2D eigenvalue weighted by Gasteiger charge is 2.22. The molecule has 0 aliphatic carbocycles. The Balaban J connectivity index is 2.70. The summed E-state index contributed by atoms with van der Waals surface area (Å²) in [5.41, 5.74) is -0.543. The molecule has 1 rings (SSSR count). The Morgan fingerprint density at radius 2 is 2.05 bits per heavy atom. The highest BCUT2D eigenvalue weighted by molar-refractivity contribution is 5.96. The predicted octanol–water partition coefficient (Wildman–Crippen LogP) is 2.23. The first-order chi connectivity index (χ1) is 9.97. The van der Waals surface area contributed by atoms with Crippen LogP contribution in [-0.4, -0.2) is 23.0 Å². The van der Waals surface area contributed by atoms with Gasteiger partial charge in [-0.1, -0.05) is 6.07 Å². The number of benzene rings is 1. The van der Waals surface area contributed by atoms with Crippen molar-refractivity contribution in [2.75, 3.05) is 0 Å². The lowest BCUT2D eigenvalue weighted by Gasteiger charge is -2.14. The van der Waals surface area contributed by atoms with E-state index in [1.54, 1.807) is 0 Å². The summed E-state index contributed by atoms with van der Waals surface area (Å²) in [6.07, 6.45) is 1.33. The molecule has 1 atom stereocenters. The molecule has 0 spiro atoms. The highest BCUT2D eigenvalue weighted by Crippen LogP contribution is 2.12. The number of nitriles is 1. The van der Waals surface area contributed by atoms with Crippen molar-refractivity contribution in [3.8, 4) is 6.07 Å². The number of carboxylic acid groups (broad SMARTS) is 1. The van der Waals surface area contributed by atoms with E-state index in [0.29, 0.717) is 19.3 Å². The molecule has 112 valence electrons. The first-order valence-corrected chi connectivity index (χ1v) is 6.32. The summed E-state index contributed by atoms with van der Waals surface area (Å²) < 4.78 is 26.5. The lowest BCUT2D eigenvalue weighted by Crippen LogP contribution is -2.41. The van der Waals surface area contributed by atoms with E-state index in [4.69, 9.17) is 10.4 Å². The van der Waals surface area contributed by atoms with Gasteiger partial charge < -0.3 is 10.4 Å². The van der Waals surface area contributed by atoms with E-state index >= 15 is 0 Å². The standard InChI is InChI=1S/C14H14F2N2O3/c15-10-6-4-5-9(12(10)16)13(19)18-11(14(20)21)7-2-1-3-8-17/h4-6,11H,1-3,7H2,(H,18,19)(H,20,21)/t11-/m0/s1. The Labute approximate surface area is 120 Å². The predicted molar refractivity (Wildman–Crippen MR) is 69.3 cm³/mol. The number of hydrogen-bond acceptors (Lipinski definition) is 3. The number of hydrogen-bond donors (Lipinski definition) is 2. The minimum atomic E-state index is -1.32. The van der Waals surface area contributed by atoms with E-state index in [-0.39, 0.29) is 6.42 Å². The van der Waals surface area contributed by atoms with Crippen LogP contribution >= 0.6 is 0 Å². The minimum Gasteiger partial charge on any atom is -0.480 e. The van der Waals surface area contributed by atoms with Crippen LogP contribution in [0.2, 0.25) is 0 Å². The van der Waals surface area contributed by atoms with Crippen LogP contribution in [0, 0.1) is 23.0 Å². The number of rotatable bonds is 7. The van der Waals surface area contributed by atoms with E-state index in [9.17, 15) is 18.4 Å². The van der Waals surface area contributed by atoms with E-state index < -0.39 is 35.1 Å². The van der Waals surface area contributed by atoms with Crippen LogP contribution in [0.25, 0.3) is 0 Å². The van der Waals surface area contributed by atoms with Gasteiger partial charge in [0, 0.05) is 6.42 Å². The fourth-order valence-electron chi connectivity index (χ4n) is 1.73. The van der Waals surface area contributed by atoms with E-state index in [0.717, 1.165) is 18.2 Å². The molecule has 0 radical (unpaired) electrons. The van der Waals surface area contributed by atoms with Crippen molar-refractivity contribution in [2.45, 2.75) is 31.7 Å². The van der Waals surface area contributed by atoms with Crippen LogP contribution in [-0.2, 0) is 4.79 Å². The summed E-state index contributed by atoms with van der Waals surface area (Å²) in [4.78, 5) is 22.8. The maximum absolute atomic E-state index is 13.4. The molecule has 0 aromatic heterocycles. The Kier molecular flexibility index (Phi) is 6.27. The molecular weight excluding hydrogens is 282 g/mol. The number of amides is 1. The summed E-state index contributed by atoms with van der Waals surface area (Å²) in [5, 5.41) is 19.5. The summed E-state index contributed by atoms with van der Waals surface area (Å²) in [7, 11) is 0. The van der Waals surface area contributed by atoms with Crippen LogP contribution in [0.1, 0.15) is 36.0 Å². The van der Waals surface area contributed by atoms with Crippen molar-refractivity contribution in [2.24, 2.45) is 0 Å². The van der Waals surface area contributed by atoms with Gasteiger partial charge in [0.15, 0.2) is 11.6 Å². The third-order valence-corrected chi connectivity index (χ3v) is 2.83. The van der Waals surface area contributed by atoms with Crippen molar-refractivity contribution in [3.05, 3.63) is 35.4 Å². The molecule has 0 unspecified atom stereocenters. The summed E-state index contributed by atoms with van der Waals surface area (Å²) in [6, 6.07) is 3.81. The Morgan fingerprint density at radius 1 is 1.33 bits per heavy atom. The molecule has 0 heterocycles. The van der Waals surface area contributed by atoms with Crippen LogP contribution in [0.15, 0.2) is 18.2 Å². The monoisotopic (exact) mass is 296 g/mol. The van der Waals surface area contributed by atoms with Crippen molar-refractivity contribution < 1.29 is 23.5 Å². The van der Waals surface area contributed by atoms with E-state index in [1.165, 1.54) is 0 Å². The third kappa shape index (κ3) is 4.84. The Morgan fingerprint density at radius 3 is 2.67 bits per heavy atom. The molecule has 5 nitrogen and oxygen atoms in total. The van der Waals surface area contributed by atoms with Crippen molar-refractivity contribution in [3.63, 3.8) is 0 Å².